The fourth-order valence-electron chi connectivity index (χ4n) is 2.17. The molecule has 2 aromatic rings. The number of nitrogens with one attached hydrogen (secondary N) is 1. The Balaban J connectivity index is 2.26. The lowest BCUT2D eigenvalue weighted by molar-refractivity contribution is 0.550. The average molecular weight is 324 g/mol. The van der Waals surface area contributed by atoms with Gasteiger partial charge in [0, 0.05) is 21.8 Å². The van der Waals surface area contributed by atoms with E-state index < -0.39 is 0 Å². The van der Waals surface area contributed by atoms with Gasteiger partial charge in [0.1, 0.15) is 0 Å². The Bertz CT molecular complexity index is 493. The number of rotatable bonds is 5. The fraction of sp³-hybridized carbons (Fsp3) is 0.333. The molecule has 0 spiro atoms. The average Bonchev–Trinajstić information content (AvgIpc) is 2.85. The van der Waals surface area contributed by atoms with Gasteiger partial charge >= 0.3 is 0 Å². The smallest absolute Gasteiger partial charge is 0.0371 e. The van der Waals surface area contributed by atoms with Crippen LogP contribution in [0.4, 0.5) is 0 Å². The Morgan fingerprint density at radius 2 is 2.11 bits per heavy atom. The lowest BCUT2D eigenvalue weighted by atomic mass is 9.98. The molecule has 1 nitrogen and oxygen atoms in total. The van der Waals surface area contributed by atoms with Crippen molar-refractivity contribution in [1.82, 2.24) is 5.32 Å². The number of benzene rings is 1. The van der Waals surface area contributed by atoms with Gasteiger partial charge < -0.3 is 5.32 Å². The van der Waals surface area contributed by atoms with Crippen molar-refractivity contribution in [2.75, 3.05) is 6.54 Å². The van der Waals surface area contributed by atoms with Crippen LogP contribution in [0.1, 0.15) is 29.0 Å². The predicted molar refractivity (Wildman–Crippen MR) is 83.3 cm³/mol. The van der Waals surface area contributed by atoms with E-state index >= 15 is 0 Å². The summed E-state index contributed by atoms with van der Waals surface area (Å²) in [5.41, 5.74) is 2.72. The zero-order valence-corrected chi connectivity index (χ0v) is 13.1. The molecule has 0 bridgehead atoms. The zero-order valence-electron chi connectivity index (χ0n) is 10.7. The largest absolute Gasteiger partial charge is 0.310 e. The molecule has 1 atom stereocenters. The van der Waals surface area contributed by atoms with E-state index in [2.05, 4.69) is 70.8 Å². The standard InChI is InChI=1S/C15H18BrNS/c1-3-17-15(10-12-6-5-9-18-12)13-7-4-8-14(16)11(13)2/h4-9,15,17H,3,10H2,1-2H3. The van der Waals surface area contributed by atoms with E-state index in [1.807, 2.05) is 11.3 Å². The summed E-state index contributed by atoms with van der Waals surface area (Å²) in [6, 6.07) is 11.2. The van der Waals surface area contributed by atoms with Crippen LogP contribution in [0.3, 0.4) is 0 Å². The van der Waals surface area contributed by atoms with Gasteiger partial charge in [-0.3, -0.25) is 0 Å². The number of likely N-dealkylation sites (N-methyl/N-ethyl adjacent to an activating group) is 1. The van der Waals surface area contributed by atoms with Crippen molar-refractivity contribution < 1.29 is 0 Å². The monoisotopic (exact) mass is 323 g/mol. The summed E-state index contributed by atoms with van der Waals surface area (Å²) in [5.74, 6) is 0. The Labute approximate surface area is 121 Å². The second-order valence-corrected chi connectivity index (χ2v) is 6.23. The van der Waals surface area contributed by atoms with Gasteiger partial charge in [-0.1, -0.05) is 41.1 Å². The molecule has 1 unspecified atom stereocenters. The minimum absolute atomic E-state index is 0.395. The molecule has 18 heavy (non-hydrogen) atoms. The zero-order chi connectivity index (χ0) is 13.0. The molecule has 2 rings (SSSR count). The van der Waals surface area contributed by atoms with Crippen LogP contribution in [0.25, 0.3) is 0 Å². The fourth-order valence-corrected chi connectivity index (χ4v) is 3.30. The maximum atomic E-state index is 3.62. The van der Waals surface area contributed by atoms with Crippen LogP contribution in [-0.4, -0.2) is 6.54 Å². The van der Waals surface area contributed by atoms with Gasteiger partial charge in [0.15, 0.2) is 0 Å². The van der Waals surface area contributed by atoms with Crippen LogP contribution in [-0.2, 0) is 6.42 Å². The molecule has 0 amide bonds. The van der Waals surface area contributed by atoms with Gasteiger partial charge in [0.2, 0.25) is 0 Å². The Morgan fingerprint density at radius 1 is 1.28 bits per heavy atom. The highest BCUT2D eigenvalue weighted by atomic mass is 79.9. The summed E-state index contributed by atoms with van der Waals surface area (Å²) < 4.78 is 1.19. The van der Waals surface area contributed by atoms with Crippen molar-refractivity contribution in [2.45, 2.75) is 26.3 Å². The highest BCUT2D eigenvalue weighted by molar-refractivity contribution is 9.10. The minimum Gasteiger partial charge on any atom is -0.310 e. The second-order valence-electron chi connectivity index (χ2n) is 4.35. The highest BCUT2D eigenvalue weighted by Crippen LogP contribution is 2.27. The van der Waals surface area contributed by atoms with Crippen molar-refractivity contribution in [3.05, 3.63) is 56.2 Å². The summed E-state index contributed by atoms with van der Waals surface area (Å²) in [6.07, 6.45) is 1.06. The Kier molecular flexibility index (Phi) is 4.98. The molecule has 0 saturated heterocycles. The summed E-state index contributed by atoms with van der Waals surface area (Å²) in [6.45, 7) is 5.33. The van der Waals surface area contributed by atoms with Gasteiger partial charge in [0.25, 0.3) is 0 Å². The van der Waals surface area contributed by atoms with Gasteiger partial charge in [-0.2, -0.15) is 0 Å². The van der Waals surface area contributed by atoms with Crippen LogP contribution in [0.5, 0.6) is 0 Å². The van der Waals surface area contributed by atoms with E-state index in [1.54, 1.807) is 0 Å². The maximum absolute atomic E-state index is 3.62. The van der Waals surface area contributed by atoms with Crippen LogP contribution in [0.15, 0.2) is 40.2 Å². The molecule has 1 aromatic heterocycles. The first-order valence-corrected chi connectivity index (χ1v) is 7.90. The van der Waals surface area contributed by atoms with E-state index in [9.17, 15) is 0 Å². The molecule has 0 saturated carbocycles. The lowest BCUT2D eigenvalue weighted by Gasteiger charge is -2.20. The Hall–Kier alpha value is -0.640. The van der Waals surface area contributed by atoms with Gasteiger partial charge in [-0.05, 0) is 42.1 Å². The predicted octanol–water partition coefficient (Wildman–Crippen LogP) is 4.71. The number of thiophene rings is 1. The SMILES string of the molecule is CCNC(Cc1cccs1)c1cccc(Br)c1C. The second kappa shape index (κ2) is 6.50. The van der Waals surface area contributed by atoms with Crippen LogP contribution < -0.4 is 5.32 Å². The highest BCUT2D eigenvalue weighted by Gasteiger charge is 2.15. The van der Waals surface area contributed by atoms with Crippen molar-refractivity contribution in [3.63, 3.8) is 0 Å². The van der Waals surface area contributed by atoms with Crippen molar-refractivity contribution in [3.8, 4) is 0 Å². The number of hydrogen-bond donors (Lipinski definition) is 1. The van der Waals surface area contributed by atoms with Gasteiger partial charge in [-0.25, -0.2) is 0 Å². The molecule has 1 N–H and O–H groups in total. The Morgan fingerprint density at radius 3 is 2.78 bits per heavy atom. The summed E-state index contributed by atoms with van der Waals surface area (Å²) in [4.78, 5) is 1.43. The molecule has 3 heteroatoms. The van der Waals surface area contributed by atoms with E-state index in [4.69, 9.17) is 0 Å². The molecule has 0 aliphatic heterocycles. The summed E-state index contributed by atoms with van der Waals surface area (Å²) >= 11 is 5.45. The quantitative estimate of drug-likeness (QED) is 0.840. The minimum atomic E-state index is 0.395. The van der Waals surface area contributed by atoms with Crippen molar-refractivity contribution in [2.24, 2.45) is 0 Å². The van der Waals surface area contributed by atoms with E-state index in [0.29, 0.717) is 6.04 Å². The molecule has 0 fully saturated rings. The van der Waals surface area contributed by atoms with E-state index in [1.165, 1.54) is 20.5 Å². The molecule has 1 heterocycles. The van der Waals surface area contributed by atoms with Crippen LogP contribution in [0.2, 0.25) is 0 Å². The first-order chi connectivity index (χ1) is 8.72. The first kappa shape index (κ1) is 13.8. The third-order valence-electron chi connectivity index (χ3n) is 3.12. The van der Waals surface area contributed by atoms with Crippen LogP contribution in [0, 0.1) is 6.92 Å². The topological polar surface area (TPSA) is 12.0 Å². The maximum Gasteiger partial charge on any atom is 0.0371 e. The van der Waals surface area contributed by atoms with Gasteiger partial charge in [0.05, 0.1) is 0 Å². The molecule has 0 radical (unpaired) electrons. The summed E-state index contributed by atoms with van der Waals surface area (Å²) in [5, 5.41) is 5.74. The van der Waals surface area contributed by atoms with E-state index in [-0.39, 0.29) is 0 Å². The normalized spacial score (nSPS) is 12.6. The number of hydrogen-bond acceptors (Lipinski definition) is 2. The van der Waals surface area contributed by atoms with Crippen molar-refractivity contribution in [1.29, 1.82) is 0 Å². The molecule has 96 valence electrons. The van der Waals surface area contributed by atoms with Crippen LogP contribution >= 0.6 is 27.3 Å². The first-order valence-electron chi connectivity index (χ1n) is 6.23. The van der Waals surface area contributed by atoms with Gasteiger partial charge in [-0.15, -0.1) is 11.3 Å². The summed E-state index contributed by atoms with van der Waals surface area (Å²) in [7, 11) is 0. The molecular weight excluding hydrogens is 306 g/mol. The molecule has 0 aliphatic rings. The molecular formula is C15H18BrNS. The van der Waals surface area contributed by atoms with Crippen molar-refractivity contribution >= 4 is 27.3 Å². The number of halogens is 1. The lowest BCUT2D eigenvalue weighted by Crippen LogP contribution is -2.23. The molecule has 1 aromatic carbocycles. The molecule has 0 aliphatic carbocycles. The third-order valence-corrected chi connectivity index (χ3v) is 4.88. The van der Waals surface area contributed by atoms with E-state index in [0.717, 1.165) is 13.0 Å². The third kappa shape index (κ3) is 3.22.